The third kappa shape index (κ3) is 6.19. The molecule has 0 radical (unpaired) electrons. The van der Waals surface area contributed by atoms with Crippen LogP contribution in [0.2, 0.25) is 0 Å². The van der Waals surface area contributed by atoms with E-state index in [1.807, 2.05) is 35.2 Å². The minimum atomic E-state index is -0.100. The number of anilines is 1. The summed E-state index contributed by atoms with van der Waals surface area (Å²) in [7, 11) is 1.79. The van der Waals surface area contributed by atoms with Crippen LogP contribution in [0.1, 0.15) is 36.0 Å². The Morgan fingerprint density at radius 2 is 1.70 bits per heavy atom. The van der Waals surface area contributed by atoms with Gasteiger partial charge in [-0.05, 0) is 37.8 Å². The zero-order chi connectivity index (χ0) is 23.2. The van der Waals surface area contributed by atoms with Gasteiger partial charge in [-0.15, -0.1) is 0 Å². The maximum atomic E-state index is 12.8. The Bertz CT molecular complexity index is 960. The van der Waals surface area contributed by atoms with Crippen molar-refractivity contribution in [3.8, 4) is 0 Å². The maximum Gasteiger partial charge on any atom is 0.254 e. The van der Waals surface area contributed by atoms with Crippen molar-refractivity contribution in [2.45, 2.75) is 31.7 Å². The van der Waals surface area contributed by atoms with Gasteiger partial charge in [-0.1, -0.05) is 18.2 Å². The number of amides is 3. The number of para-hydroxylation sites is 1. The molecule has 3 heterocycles. The molecule has 0 bridgehead atoms. The molecule has 176 valence electrons. The quantitative estimate of drug-likeness (QED) is 0.692. The number of hydrogen-bond donors (Lipinski definition) is 2. The van der Waals surface area contributed by atoms with Crippen molar-refractivity contribution in [3.63, 3.8) is 0 Å². The molecule has 4 rings (SSSR count). The summed E-state index contributed by atoms with van der Waals surface area (Å²) in [6, 6.07) is 9.58. The van der Waals surface area contributed by atoms with Gasteiger partial charge in [0, 0.05) is 57.1 Å². The minimum Gasteiger partial charge on any atom is -0.349 e. The highest BCUT2D eigenvalue weighted by molar-refractivity contribution is 5.94. The number of aromatic nitrogens is 2. The Morgan fingerprint density at radius 3 is 2.33 bits per heavy atom. The van der Waals surface area contributed by atoms with Crippen LogP contribution in [0.15, 0.2) is 42.7 Å². The van der Waals surface area contributed by atoms with E-state index in [0.717, 1.165) is 31.6 Å². The van der Waals surface area contributed by atoms with Crippen LogP contribution in [-0.2, 0) is 16.6 Å². The van der Waals surface area contributed by atoms with E-state index in [1.165, 1.54) is 0 Å². The molecule has 0 saturated carbocycles. The molecule has 33 heavy (non-hydrogen) atoms. The fourth-order valence-electron chi connectivity index (χ4n) is 4.49. The van der Waals surface area contributed by atoms with Crippen molar-refractivity contribution < 1.29 is 14.4 Å². The first-order valence-corrected chi connectivity index (χ1v) is 11.6. The molecule has 2 fully saturated rings. The summed E-state index contributed by atoms with van der Waals surface area (Å²) in [5.41, 5.74) is 1.37. The number of aryl methyl sites for hydroxylation is 1. The molecule has 9 heteroatoms. The predicted octanol–water partition coefficient (Wildman–Crippen LogP) is 1.49. The van der Waals surface area contributed by atoms with Crippen molar-refractivity contribution in [1.82, 2.24) is 24.9 Å². The Balaban J connectivity index is 1.16. The molecule has 1 aromatic heterocycles. The molecule has 3 amide bonds. The third-order valence-corrected chi connectivity index (χ3v) is 6.51. The van der Waals surface area contributed by atoms with Crippen molar-refractivity contribution in [1.29, 1.82) is 0 Å². The van der Waals surface area contributed by atoms with Gasteiger partial charge in [0.05, 0.1) is 18.3 Å². The summed E-state index contributed by atoms with van der Waals surface area (Å²) >= 11 is 0. The number of carbonyl (C=O) groups excluding carboxylic acids is 3. The van der Waals surface area contributed by atoms with Gasteiger partial charge < -0.3 is 15.5 Å². The van der Waals surface area contributed by atoms with Gasteiger partial charge in [0.2, 0.25) is 11.8 Å². The largest absolute Gasteiger partial charge is 0.349 e. The normalized spacial score (nSPS) is 18.2. The Labute approximate surface area is 194 Å². The highest BCUT2D eigenvalue weighted by atomic mass is 16.2. The fourth-order valence-corrected chi connectivity index (χ4v) is 4.49. The zero-order valence-electron chi connectivity index (χ0n) is 19.1. The zero-order valence-corrected chi connectivity index (χ0v) is 19.1. The second-order valence-electron chi connectivity index (χ2n) is 8.94. The molecular formula is C24H32N6O3. The average Bonchev–Trinajstić information content (AvgIpc) is 3.27. The number of rotatable bonds is 6. The third-order valence-electron chi connectivity index (χ3n) is 6.51. The summed E-state index contributed by atoms with van der Waals surface area (Å²) in [5.74, 6) is -0.0105. The van der Waals surface area contributed by atoms with Crippen molar-refractivity contribution in [2.75, 3.05) is 38.0 Å². The van der Waals surface area contributed by atoms with Crippen LogP contribution in [0, 0.1) is 5.92 Å². The van der Waals surface area contributed by atoms with Gasteiger partial charge >= 0.3 is 0 Å². The van der Waals surface area contributed by atoms with E-state index >= 15 is 0 Å². The number of nitrogens with zero attached hydrogens (tertiary/aromatic N) is 4. The highest BCUT2D eigenvalue weighted by Crippen LogP contribution is 2.20. The van der Waals surface area contributed by atoms with Crippen LogP contribution < -0.4 is 10.6 Å². The summed E-state index contributed by atoms with van der Waals surface area (Å²) in [5, 5.41) is 10.1. The molecule has 2 aromatic rings. The van der Waals surface area contributed by atoms with Crippen LogP contribution in [0.4, 0.5) is 5.69 Å². The van der Waals surface area contributed by atoms with E-state index in [2.05, 4.69) is 20.6 Å². The highest BCUT2D eigenvalue weighted by Gasteiger charge is 2.29. The van der Waals surface area contributed by atoms with Crippen LogP contribution in [-0.4, -0.2) is 76.1 Å². The van der Waals surface area contributed by atoms with Gasteiger partial charge in [0.25, 0.3) is 5.91 Å². The average molecular weight is 453 g/mol. The van der Waals surface area contributed by atoms with Gasteiger partial charge in [0.15, 0.2) is 0 Å². The van der Waals surface area contributed by atoms with Crippen LogP contribution >= 0.6 is 0 Å². The summed E-state index contributed by atoms with van der Waals surface area (Å²) in [4.78, 5) is 41.6. The maximum absolute atomic E-state index is 12.8. The lowest BCUT2D eigenvalue weighted by Crippen LogP contribution is -2.49. The lowest BCUT2D eigenvalue weighted by atomic mass is 9.95. The Morgan fingerprint density at radius 1 is 1.00 bits per heavy atom. The summed E-state index contributed by atoms with van der Waals surface area (Å²) in [6.07, 6.45) is 6.29. The first kappa shape index (κ1) is 23.0. The van der Waals surface area contributed by atoms with Gasteiger partial charge in [0.1, 0.15) is 0 Å². The number of benzene rings is 1. The Hall–Kier alpha value is -3.20. The second-order valence-corrected chi connectivity index (χ2v) is 8.94. The van der Waals surface area contributed by atoms with E-state index in [9.17, 15) is 14.4 Å². The van der Waals surface area contributed by atoms with Gasteiger partial charge in [-0.25, -0.2) is 0 Å². The second kappa shape index (κ2) is 10.6. The van der Waals surface area contributed by atoms with Crippen molar-refractivity contribution >= 4 is 23.4 Å². The van der Waals surface area contributed by atoms with Crippen LogP contribution in [0.25, 0.3) is 0 Å². The molecule has 2 N–H and O–H groups in total. The lowest BCUT2D eigenvalue weighted by molar-refractivity contribution is -0.135. The monoisotopic (exact) mass is 452 g/mol. The van der Waals surface area contributed by atoms with E-state index < -0.39 is 0 Å². The SMILES string of the molecule is Cn1cc(C(=O)NC2CCN(CC(=O)N3CCC(C(=O)Nc4ccccc4)CC3)CC2)cn1. The predicted molar refractivity (Wildman–Crippen MR) is 125 cm³/mol. The Kier molecular flexibility index (Phi) is 7.39. The molecule has 0 unspecified atom stereocenters. The van der Waals surface area contributed by atoms with Crippen molar-refractivity contribution in [2.24, 2.45) is 13.0 Å². The standard InChI is InChI=1S/C24H32N6O3/c1-28-16-19(15-25-28)24(33)27-21-9-11-29(12-10-21)17-22(31)30-13-7-18(8-14-30)23(32)26-20-5-3-2-4-6-20/h2-6,15-16,18,21H,7-14,17H2,1H3,(H,26,32)(H,27,33). The summed E-state index contributed by atoms with van der Waals surface area (Å²) < 4.78 is 1.61. The van der Waals surface area contributed by atoms with Gasteiger partial charge in [-0.2, -0.15) is 5.10 Å². The van der Waals surface area contributed by atoms with Crippen LogP contribution in [0.5, 0.6) is 0 Å². The molecule has 0 aliphatic carbocycles. The smallest absolute Gasteiger partial charge is 0.254 e. The van der Waals surface area contributed by atoms with E-state index in [0.29, 0.717) is 38.0 Å². The first-order valence-electron chi connectivity index (χ1n) is 11.6. The summed E-state index contributed by atoms with van der Waals surface area (Å²) in [6.45, 7) is 3.18. The lowest BCUT2D eigenvalue weighted by Gasteiger charge is -2.35. The molecule has 1 aromatic carbocycles. The molecule has 2 aliphatic heterocycles. The van der Waals surface area contributed by atoms with E-state index in [4.69, 9.17) is 0 Å². The minimum absolute atomic E-state index is 0.0312. The number of hydrogen-bond acceptors (Lipinski definition) is 5. The molecule has 2 aliphatic rings. The van der Waals surface area contributed by atoms with Crippen molar-refractivity contribution in [3.05, 3.63) is 48.3 Å². The molecule has 9 nitrogen and oxygen atoms in total. The van der Waals surface area contributed by atoms with Gasteiger partial charge in [-0.3, -0.25) is 24.0 Å². The molecule has 0 spiro atoms. The van der Waals surface area contributed by atoms with Crippen LogP contribution in [0.3, 0.4) is 0 Å². The number of likely N-dealkylation sites (tertiary alicyclic amines) is 2. The number of carbonyl (C=O) groups is 3. The first-order chi connectivity index (χ1) is 16.0. The van der Waals surface area contributed by atoms with E-state index in [-0.39, 0.29) is 29.7 Å². The molecular weight excluding hydrogens is 420 g/mol. The number of piperidine rings is 2. The topological polar surface area (TPSA) is 99.6 Å². The molecule has 2 saturated heterocycles. The fraction of sp³-hybridized carbons (Fsp3) is 0.500. The van der Waals surface area contributed by atoms with E-state index in [1.54, 1.807) is 24.1 Å². The molecule has 0 atom stereocenters. The number of nitrogens with one attached hydrogen (secondary N) is 2.